The monoisotopic (exact) mass is 863 g/mol. The van der Waals surface area contributed by atoms with Crippen molar-refractivity contribution in [3.63, 3.8) is 0 Å². The summed E-state index contributed by atoms with van der Waals surface area (Å²) in [4.78, 5) is 0. The summed E-state index contributed by atoms with van der Waals surface area (Å²) in [5.74, 6) is 1.45. The Balaban J connectivity index is 1.24. The second kappa shape index (κ2) is 37.9. The van der Waals surface area contributed by atoms with Gasteiger partial charge in [-0.25, -0.2) is 0 Å². The Bertz CT molecular complexity index is 1290. The Morgan fingerprint density at radius 2 is 0.548 bits per heavy atom. The molecule has 2 atom stereocenters. The van der Waals surface area contributed by atoms with Gasteiger partial charge in [-0.15, -0.1) is 0 Å². The van der Waals surface area contributed by atoms with Crippen molar-refractivity contribution in [2.75, 3.05) is 39.6 Å². The van der Waals surface area contributed by atoms with Crippen LogP contribution in [0.3, 0.4) is 0 Å². The van der Waals surface area contributed by atoms with E-state index in [0.29, 0.717) is 13.2 Å². The van der Waals surface area contributed by atoms with Crippen molar-refractivity contribution in [1.82, 2.24) is 0 Å². The molecule has 0 fully saturated rings. The van der Waals surface area contributed by atoms with Crippen LogP contribution in [0.15, 0.2) is 48.5 Å². The summed E-state index contributed by atoms with van der Waals surface area (Å²) >= 11 is 0. The highest BCUT2D eigenvalue weighted by Crippen LogP contribution is 2.42. The second-order valence-electron chi connectivity index (χ2n) is 18.4. The molecule has 0 aromatic heterocycles. The Morgan fingerprint density at radius 1 is 0.323 bits per heavy atom. The van der Waals surface area contributed by atoms with E-state index in [4.69, 9.17) is 18.9 Å². The number of aliphatic hydroxyl groups excluding tert-OH is 2. The van der Waals surface area contributed by atoms with Gasteiger partial charge in [-0.3, -0.25) is 0 Å². The number of hydrogen-bond acceptors (Lipinski definition) is 6. The molecule has 0 aliphatic heterocycles. The van der Waals surface area contributed by atoms with Crippen LogP contribution in [0, 0.1) is 0 Å². The zero-order valence-corrected chi connectivity index (χ0v) is 40.2. The van der Waals surface area contributed by atoms with Gasteiger partial charge in [-0.1, -0.05) is 255 Å². The van der Waals surface area contributed by atoms with Crippen LogP contribution in [0.25, 0.3) is 21.5 Å². The van der Waals surface area contributed by atoms with E-state index in [-0.39, 0.29) is 26.4 Å². The second-order valence-corrected chi connectivity index (χ2v) is 18.4. The molecule has 3 aromatic rings. The van der Waals surface area contributed by atoms with Crippen LogP contribution in [0.5, 0.6) is 11.5 Å². The number of ether oxygens (including phenoxy) is 4. The van der Waals surface area contributed by atoms with E-state index in [9.17, 15) is 10.2 Å². The van der Waals surface area contributed by atoms with Gasteiger partial charge < -0.3 is 29.2 Å². The summed E-state index contributed by atoms with van der Waals surface area (Å²) in [5.41, 5.74) is 0. The van der Waals surface area contributed by atoms with Gasteiger partial charge in [0.15, 0.2) is 0 Å². The first-order valence-electron chi connectivity index (χ1n) is 26.4. The van der Waals surface area contributed by atoms with Gasteiger partial charge in [0.25, 0.3) is 0 Å². The van der Waals surface area contributed by atoms with Gasteiger partial charge in [0.1, 0.15) is 36.9 Å². The predicted octanol–water partition coefficient (Wildman–Crippen LogP) is 16.0. The summed E-state index contributed by atoms with van der Waals surface area (Å²) in [6, 6.07) is 16.1. The average molecular weight is 863 g/mol. The van der Waals surface area contributed by atoms with Crippen LogP contribution in [-0.2, 0) is 9.47 Å². The number of aliphatic hydroxyl groups is 2. The highest BCUT2D eigenvalue weighted by atomic mass is 16.5. The largest absolute Gasteiger partial charge is 0.489 e. The van der Waals surface area contributed by atoms with Gasteiger partial charge in [-0.2, -0.15) is 0 Å². The lowest BCUT2D eigenvalue weighted by molar-refractivity contribution is 0.0111. The molecule has 0 bridgehead atoms. The zero-order valence-electron chi connectivity index (χ0n) is 40.2. The van der Waals surface area contributed by atoms with E-state index < -0.39 is 12.2 Å². The Hall–Kier alpha value is -2.38. The molecule has 0 aliphatic carbocycles. The minimum absolute atomic E-state index is 0.141. The van der Waals surface area contributed by atoms with Crippen molar-refractivity contribution >= 4 is 21.5 Å². The first kappa shape index (κ1) is 54.0. The van der Waals surface area contributed by atoms with Crippen molar-refractivity contribution < 1.29 is 29.2 Å². The molecule has 0 aliphatic rings. The maximum absolute atomic E-state index is 10.8. The molecule has 0 spiro atoms. The van der Waals surface area contributed by atoms with Crippen LogP contribution >= 0.6 is 0 Å². The third kappa shape index (κ3) is 25.2. The first-order chi connectivity index (χ1) is 30.7. The smallest absolute Gasteiger partial charge is 0.135 e. The Labute approximate surface area is 380 Å². The molecule has 0 heterocycles. The average Bonchev–Trinajstić information content (AvgIpc) is 3.29. The fraction of sp³-hybridized carbons (Fsp3) is 0.750. The molecule has 0 amide bonds. The summed E-state index contributed by atoms with van der Waals surface area (Å²) in [5, 5.41) is 25.2. The van der Waals surface area contributed by atoms with E-state index in [0.717, 1.165) is 45.9 Å². The lowest BCUT2D eigenvalue weighted by Crippen LogP contribution is -2.24. The summed E-state index contributed by atoms with van der Waals surface area (Å²) in [7, 11) is 0. The molecule has 6 heteroatoms. The van der Waals surface area contributed by atoms with E-state index in [1.165, 1.54) is 193 Å². The fourth-order valence-electron chi connectivity index (χ4n) is 8.76. The van der Waals surface area contributed by atoms with Crippen LogP contribution in [0.4, 0.5) is 0 Å². The molecule has 0 radical (unpaired) electrons. The highest BCUT2D eigenvalue weighted by Gasteiger charge is 2.18. The van der Waals surface area contributed by atoms with E-state index in [1.54, 1.807) is 0 Å². The fourth-order valence-corrected chi connectivity index (χ4v) is 8.76. The number of unbranched alkanes of at least 4 members (excludes halogenated alkanes) is 30. The van der Waals surface area contributed by atoms with Crippen LogP contribution in [0.2, 0.25) is 0 Å². The van der Waals surface area contributed by atoms with E-state index in [2.05, 4.69) is 13.8 Å². The quantitative estimate of drug-likeness (QED) is 0.0436. The minimum atomic E-state index is -0.723. The van der Waals surface area contributed by atoms with Gasteiger partial charge >= 0.3 is 0 Å². The SMILES string of the molecule is CCCCCCCCCCCCCCCCCCOCC(O)COc1c2ccccc2c(OCC(O)COCCCCCCCCCCCCCCCCCC)c2ccccc12. The molecule has 0 saturated heterocycles. The first-order valence-corrected chi connectivity index (χ1v) is 26.4. The Morgan fingerprint density at radius 3 is 0.790 bits per heavy atom. The molecule has 3 aromatic carbocycles. The summed E-state index contributed by atoms with van der Waals surface area (Å²) in [6.07, 6.45) is 41.7. The number of hydrogen-bond donors (Lipinski definition) is 2. The van der Waals surface area contributed by atoms with Gasteiger partial charge in [0.2, 0.25) is 0 Å². The van der Waals surface area contributed by atoms with Crippen molar-refractivity contribution in [1.29, 1.82) is 0 Å². The molecule has 62 heavy (non-hydrogen) atoms. The van der Waals surface area contributed by atoms with E-state index in [1.807, 2.05) is 48.5 Å². The zero-order chi connectivity index (χ0) is 44.0. The van der Waals surface area contributed by atoms with Crippen molar-refractivity contribution in [3.8, 4) is 11.5 Å². The van der Waals surface area contributed by atoms with Crippen molar-refractivity contribution in [3.05, 3.63) is 48.5 Å². The van der Waals surface area contributed by atoms with Gasteiger partial charge in [0.05, 0.1) is 13.2 Å². The Kier molecular flexibility index (Phi) is 33.0. The third-order valence-corrected chi connectivity index (χ3v) is 12.6. The van der Waals surface area contributed by atoms with Gasteiger partial charge in [-0.05, 0) is 12.8 Å². The predicted molar refractivity (Wildman–Crippen MR) is 265 cm³/mol. The highest BCUT2D eigenvalue weighted by molar-refractivity contribution is 6.11. The topological polar surface area (TPSA) is 77.4 Å². The molecular formula is C56H94O6. The number of fused-ring (bicyclic) bond motifs is 2. The summed E-state index contributed by atoms with van der Waals surface area (Å²) < 4.78 is 24.4. The van der Waals surface area contributed by atoms with Crippen molar-refractivity contribution in [2.45, 2.75) is 232 Å². The van der Waals surface area contributed by atoms with Gasteiger partial charge in [0, 0.05) is 34.8 Å². The molecule has 0 saturated carbocycles. The standard InChI is InChI=1S/C56H94O6/c1-3-5-7-9-11-13-15-17-19-21-23-25-27-29-31-37-43-59-45-49(57)47-61-55-51-39-33-35-41-53(51)56(54-42-36-34-40-52(54)55)62-48-50(58)46-60-44-38-32-30-28-26-24-22-20-18-16-14-12-10-8-6-4-2/h33-36,39-42,49-50,57-58H,3-32,37-38,43-48H2,1-2H3. The van der Waals surface area contributed by atoms with Crippen LogP contribution in [0.1, 0.15) is 219 Å². The normalized spacial score (nSPS) is 12.7. The molecule has 6 nitrogen and oxygen atoms in total. The maximum Gasteiger partial charge on any atom is 0.135 e. The number of rotatable bonds is 44. The lowest BCUT2D eigenvalue weighted by Gasteiger charge is -2.20. The lowest BCUT2D eigenvalue weighted by atomic mass is 10.0. The number of benzene rings is 3. The third-order valence-electron chi connectivity index (χ3n) is 12.6. The molecule has 2 unspecified atom stereocenters. The van der Waals surface area contributed by atoms with Crippen LogP contribution < -0.4 is 9.47 Å². The van der Waals surface area contributed by atoms with Crippen molar-refractivity contribution in [2.24, 2.45) is 0 Å². The van der Waals surface area contributed by atoms with E-state index >= 15 is 0 Å². The maximum atomic E-state index is 10.8. The molecule has 3 rings (SSSR count). The molecule has 354 valence electrons. The molecule has 2 N–H and O–H groups in total. The van der Waals surface area contributed by atoms with Crippen LogP contribution in [-0.4, -0.2) is 62.1 Å². The summed E-state index contributed by atoms with van der Waals surface area (Å²) in [6.45, 7) is 6.72. The molecular weight excluding hydrogens is 769 g/mol. The minimum Gasteiger partial charge on any atom is -0.489 e.